The second kappa shape index (κ2) is 4.59. The predicted molar refractivity (Wildman–Crippen MR) is 64.2 cm³/mol. The maximum Gasteiger partial charge on any atom is 0.0998 e. The van der Waals surface area contributed by atoms with Crippen LogP contribution < -0.4 is 0 Å². The molecule has 0 fully saturated rings. The summed E-state index contributed by atoms with van der Waals surface area (Å²) in [5.74, 6) is 0. The van der Waals surface area contributed by atoms with Crippen LogP contribution in [-0.2, 0) is 0 Å². The molecule has 0 saturated carbocycles. The van der Waals surface area contributed by atoms with E-state index in [9.17, 15) is 0 Å². The smallest absolute Gasteiger partial charge is 0.0998 e. The van der Waals surface area contributed by atoms with Crippen molar-refractivity contribution in [2.45, 2.75) is 0 Å². The zero-order valence-corrected chi connectivity index (χ0v) is 8.87. The molecule has 1 heterocycles. The number of allylic oxidation sites excluding steroid dienone is 1. The zero-order chi connectivity index (χ0) is 10.5. The average Bonchev–Trinajstić information content (AvgIpc) is 2.80. The fourth-order valence-corrected chi connectivity index (χ4v) is 1.97. The van der Waals surface area contributed by atoms with Gasteiger partial charge in [-0.3, -0.25) is 0 Å². The fraction of sp³-hybridized carbons (Fsp3) is 0. The van der Waals surface area contributed by atoms with E-state index in [-0.39, 0.29) is 0 Å². The summed E-state index contributed by atoms with van der Waals surface area (Å²) in [4.78, 5) is 1.11. The Bertz CT molecular complexity index is 489. The molecule has 0 spiro atoms. The third-order valence-electron chi connectivity index (χ3n) is 2.04. The summed E-state index contributed by atoms with van der Waals surface area (Å²) in [5.41, 5.74) is 1.67. The lowest BCUT2D eigenvalue weighted by Crippen LogP contribution is -1.79. The van der Waals surface area contributed by atoms with Crippen LogP contribution in [-0.4, -0.2) is 0 Å². The van der Waals surface area contributed by atoms with E-state index in [2.05, 4.69) is 6.07 Å². The Hall–Kier alpha value is -1.85. The van der Waals surface area contributed by atoms with E-state index in [0.717, 1.165) is 10.4 Å². The molecule has 15 heavy (non-hydrogen) atoms. The molecule has 0 bridgehead atoms. The molecule has 0 saturated heterocycles. The summed E-state index contributed by atoms with van der Waals surface area (Å²) in [6.45, 7) is 0. The Kier molecular flexibility index (Phi) is 2.96. The van der Waals surface area contributed by atoms with Crippen LogP contribution in [0.2, 0.25) is 0 Å². The number of benzene rings is 1. The Balaban J connectivity index is 2.38. The van der Waals surface area contributed by atoms with Crippen molar-refractivity contribution >= 4 is 23.0 Å². The molecule has 0 aliphatic carbocycles. The molecule has 0 atom stereocenters. The van der Waals surface area contributed by atoms with Crippen molar-refractivity contribution < 1.29 is 0 Å². The van der Waals surface area contributed by atoms with Gasteiger partial charge in [-0.2, -0.15) is 5.26 Å². The van der Waals surface area contributed by atoms with Crippen molar-refractivity contribution in [2.24, 2.45) is 0 Å². The van der Waals surface area contributed by atoms with E-state index in [1.165, 1.54) is 0 Å². The average molecular weight is 211 g/mol. The number of thiophene rings is 1. The number of nitrogens with zero attached hydrogens (tertiary/aromatic N) is 1. The third-order valence-corrected chi connectivity index (χ3v) is 2.85. The molecule has 0 N–H and O–H groups in total. The molecular weight excluding hydrogens is 202 g/mol. The van der Waals surface area contributed by atoms with Gasteiger partial charge in [-0.1, -0.05) is 36.4 Å². The van der Waals surface area contributed by atoms with Crippen LogP contribution >= 0.6 is 11.3 Å². The van der Waals surface area contributed by atoms with Gasteiger partial charge in [0.15, 0.2) is 0 Å². The van der Waals surface area contributed by atoms with Gasteiger partial charge in [0.1, 0.15) is 0 Å². The van der Waals surface area contributed by atoms with Crippen LogP contribution in [0.1, 0.15) is 10.4 Å². The molecule has 1 nitrogen and oxygen atoms in total. The van der Waals surface area contributed by atoms with E-state index in [4.69, 9.17) is 5.26 Å². The number of rotatable bonds is 2. The number of hydrogen-bond donors (Lipinski definition) is 0. The first-order valence-corrected chi connectivity index (χ1v) is 5.49. The minimum atomic E-state index is 0.707. The topological polar surface area (TPSA) is 23.8 Å². The van der Waals surface area contributed by atoms with Crippen molar-refractivity contribution in [3.63, 3.8) is 0 Å². The second-order valence-electron chi connectivity index (χ2n) is 3.05. The number of nitriles is 1. The molecule has 0 aliphatic heterocycles. The minimum Gasteiger partial charge on any atom is -0.192 e. The molecule has 0 unspecified atom stereocenters. The van der Waals surface area contributed by atoms with Gasteiger partial charge in [-0.05, 0) is 23.1 Å². The van der Waals surface area contributed by atoms with E-state index in [0.29, 0.717) is 5.57 Å². The summed E-state index contributed by atoms with van der Waals surface area (Å²) in [7, 11) is 0. The third kappa shape index (κ3) is 2.34. The Labute approximate surface area is 92.9 Å². The molecule has 72 valence electrons. The van der Waals surface area contributed by atoms with Gasteiger partial charge in [0.25, 0.3) is 0 Å². The second-order valence-corrected chi connectivity index (χ2v) is 4.03. The fourth-order valence-electron chi connectivity index (χ4n) is 1.31. The Morgan fingerprint density at radius 3 is 2.53 bits per heavy atom. The first-order chi connectivity index (χ1) is 7.40. The van der Waals surface area contributed by atoms with Gasteiger partial charge in [0, 0.05) is 4.88 Å². The summed E-state index contributed by atoms with van der Waals surface area (Å²) < 4.78 is 0. The largest absolute Gasteiger partial charge is 0.192 e. The normalized spacial score (nSPS) is 11.0. The quantitative estimate of drug-likeness (QED) is 0.693. The van der Waals surface area contributed by atoms with E-state index in [1.807, 2.05) is 53.9 Å². The van der Waals surface area contributed by atoms with Crippen LogP contribution in [0.5, 0.6) is 0 Å². The lowest BCUT2D eigenvalue weighted by Gasteiger charge is -1.96. The lowest BCUT2D eigenvalue weighted by atomic mass is 10.1. The Morgan fingerprint density at radius 2 is 1.93 bits per heavy atom. The van der Waals surface area contributed by atoms with Gasteiger partial charge in [-0.25, -0.2) is 0 Å². The van der Waals surface area contributed by atoms with E-state index < -0.39 is 0 Å². The maximum atomic E-state index is 9.06. The van der Waals surface area contributed by atoms with Crippen molar-refractivity contribution in [3.05, 3.63) is 58.3 Å². The maximum absolute atomic E-state index is 9.06. The Morgan fingerprint density at radius 1 is 1.13 bits per heavy atom. The summed E-state index contributed by atoms with van der Waals surface area (Å²) in [5, 5.41) is 11.1. The molecule has 0 amide bonds. The molecule has 0 radical (unpaired) electrons. The molecular formula is C13H9NS. The van der Waals surface area contributed by atoms with Crippen molar-refractivity contribution in [3.8, 4) is 6.07 Å². The molecule has 0 aliphatic rings. The lowest BCUT2D eigenvalue weighted by molar-refractivity contribution is 1.52. The highest BCUT2D eigenvalue weighted by atomic mass is 32.1. The molecule has 2 aromatic rings. The van der Waals surface area contributed by atoms with Crippen molar-refractivity contribution in [1.82, 2.24) is 0 Å². The predicted octanol–water partition coefficient (Wildman–Crippen LogP) is 3.81. The standard InChI is InChI=1S/C13H9NS/c14-10-12(9-13-7-4-8-15-13)11-5-2-1-3-6-11/h1-9H/b12-9+. The van der Waals surface area contributed by atoms with E-state index >= 15 is 0 Å². The summed E-state index contributed by atoms with van der Waals surface area (Å²) >= 11 is 1.63. The SMILES string of the molecule is N#C/C(=C\c1cccs1)c1ccccc1. The highest BCUT2D eigenvalue weighted by molar-refractivity contribution is 7.10. The van der Waals surface area contributed by atoms with Crippen LogP contribution in [0.4, 0.5) is 0 Å². The molecule has 2 rings (SSSR count). The minimum absolute atomic E-state index is 0.707. The molecule has 1 aromatic carbocycles. The highest BCUT2D eigenvalue weighted by Gasteiger charge is 1.99. The van der Waals surface area contributed by atoms with Crippen LogP contribution in [0.25, 0.3) is 11.6 Å². The van der Waals surface area contributed by atoms with Crippen LogP contribution in [0.15, 0.2) is 47.8 Å². The summed E-state index contributed by atoms with van der Waals surface area (Å²) in [6.07, 6.45) is 1.92. The van der Waals surface area contributed by atoms with Crippen LogP contribution in [0, 0.1) is 11.3 Å². The monoisotopic (exact) mass is 211 g/mol. The highest BCUT2D eigenvalue weighted by Crippen LogP contribution is 2.19. The molecule has 2 heteroatoms. The van der Waals surface area contributed by atoms with Gasteiger partial charge < -0.3 is 0 Å². The van der Waals surface area contributed by atoms with Crippen molar-refractivity contribution in [2.75, 3.05) is 0 Å². The first-order valence-electron chi connectivity index (χ1n) is 4.61. The summed E-state index contributed by atoms with van der Waals surface area (Å²) in [6, 6.07) is 15.9. The molecule has 1 aromatic heterocycles. The van der Waals surface area contributed by atoms with Gasteiger partial charge in [0.05, 0.1) is 11.6 Å². The van der Waals surface area contributed by atoms with Crippen LogP contribution in [0.3, 0.4) is 0 Å². The first kappa shape index (κ1) is 9.70. The van der Waals surface area contributed by atoms with E-state index in [1.54, 1.807) is 11.3 Å². The van der Waals surface area contributed by atoms with Gasteiger partial charge in [-0.15, -0.1) is 11.3 Å². The van der Waals surface area contributed by atoms with Crippen molar-refractivity contribution in [1.29, 1.82) is 5.26 Å². The zero-order valence-electron chi connectivity index (χ0n) is 8.05. The van der Waals surface area contributed by atoms with Gasteiger partial charge in [0.2, 0.25) is 0 Å². The number of hydrogen-bond acceptors (Lipinski definition) is 2. The van der Waals surface area contributed by atoms with Gasteiger partial charge >= 0.3 is 0 Å².